The van der Waals surface area contributed by atoms with Crippen LogP contribution in [0.15, 0.2) is 16.8 Å². The summed E-state index contributed by atoms with van der Waals surface area (Å²) in [6.07, 6.45) is 1.21. The molecule has 0 spiro atoms. The summed E-state index contributed by atoms with van der Waals surface area (Å²) >= 11 is 1.57. The average Bonchev–Trinajstić information content (AvgIpc) is 2.37. The fourth-order valence-corrected chi connectivity index (χ4v) is 1.80. The van der Waals surface area contributed by atoms with E-state index < -0.39 is 10.0 Å². The minimum absolute atomic E-state index is 0.461. The van der Waals surface area contributed by atoms with Crippen molar-refractivity contribution in [2.45, 2.75) is 6.54 Å². The van der Waals surface area contributed by atoms with E-state index in [2.05, 4.69) is 0 Å². The second-order valence-corrected chi connectivity index (χ2v) is 5.52. The first-order chi connectivity index (χ1) is 5.50. The van der Waals surface area contributed by atoms with Gasteiger partial charge in [0, 0.05) is 13.6 Å². The Kier molecular flexibility index (Phi) is 2.87. The molecule has 0 aromatic carbocycles. The van der Waals surface area contributed by atoms with Crippen LogP contribution in [0.3, 0.4) is 0 Å². The van der Waals surface area contributed by atoms with Gasteiger partial charge in [0.1, 0.15) is 0 Å². The molecule has 5 heteroatoms. The van der Waals surface area contributed by atoms with Crippen LogP contribution in [-0.2, 0) is 16.6 Å². The van der Waals surface area contributed by atoms with E-state index in [1.165, 1.54) is 10.6 Å². The van der Waals surface area contributed by atoms with E-state index in [0.29, 0.717) is 6.54 Å². The molecule has 3 nitrogen and oxygen atoms in total. The maximum Gasteiger partial charge on any atom is 0.211 e. The lowest BCUT2D eigenvalue weighted by Gasteiger charge is -2.12. The summed E-state index contributed by atoms with van der Waals surface area (Å²) in [5, 5.41) is 3.88. The molecule has 12 heavy (non-hydrogen) atoms. The van der Waals surface area contributed by atoms with Crippen molar-refractivity contribution in [2.75, 3.05) is 13.3 Å². The number of hydrogen-bond acceptors (Lipinski definition) is 3. The SMILES string of the molecule is CN(Cc1ccsc1)S(C)(=O)=O. The number of thiophene rings is 1. The minimum atomic E-state index is -3.04. The molecule has 68 valence electrons. The highest BCUT2D eigenvalue weighted by Crippen LogP contribution is 2.09. The molecular formula is C7H11NO2S2. The van der Waals surface area contributed by atoms with Gasteiger partial charge < -0.3 is 0 Å². The minimum Gasteiger partial charge on any atom is -0.213 e. The zero-order valence-electron chi connectivity index (χ0n) is 7.02. The topological polar surface area (TPSA) is 37.4 Å². The van der Waals surface area contributed by atoms with Gasteiger partial charge in [-0.1, -0.05) is 0 Å². The standard InChI is InChI=1S/C7H11NO2S2/c1-8(12(2,9)10)5-7-3-4-11-6-7/h3-4,6H,5H2,1-2H3. The van der Waals surface area contributed by atoms with Crippen molar-refractivity contribution < 1.29 is 8.42 Å². The van der Waals surface area contributed by atoms with Crippen LogP contribution in [0.1, 0.15) is 5.56 Å². The summed E-state index contributed by atoms with van der Waals surface area (Å²) in [6.45, 7) is 0.461. The van der Waals surface area contributed by atoms with Crippen molar-refractivity contribution in [3.05, 3.63) is 22.4 Å². The lowest BCUT2D eigenvalue weighted by atomic mass is 10.3. The Morgan fingerprint density at radius 2 is 2.25 bits per heavy atom. The molecule has 0 N–H and O–H groups in total. The summed E-state index contributed by atoms with van der Waals surface area (Å²) in [4.78, 5) is 0. The highest BCUT2D eigenvalue weighted by Gasteiger charge is 2.10. The maximum atomic E-state index is 11.0. The lowest BCUT2D eigenvalue weighted by Crippen LogP contribution is -2.24. The van der Waals surface area contributed by atoms with Crippen LogP contribution in [0.2, 0.25) is 0 Å². The van der Waals surface area contributed by atoms with Gasteiger partial charge in [-0.3, -0.25) is 0 Å². The zero-order valence-corrected chi connectivity index (χ0v) is 8.65. The number of hydrogen-bond donors (Lipinski definition) is 0. The highest BCUT2D eigenvalue weighted by atomic mass is 32.2. The van der Waals surface area contributed by atoms with Gasteiger partial charge in [0.2, 0.25) is 10.0 Å². The van der Waals surface area contributed by atoms with E-state index in [0.717, 1.165) is 5.56 Å². The molecule has 0 amide bonds. The van der Waals surface area contributed by atoms with Gasteiger partial charge in [-0.05, 0) is 22.4 Å². The van der Waals surface area contributed by atoms with Crippen LogP contribution in [0.25, 0.3) is 0 Å². The number of sulfonamides is 1. The zero-order chi connectivity index (χ0) is 9.19. The molecule has 0 atom stereocenters. The van der Waals surface area contributed by atoms with E-state index in [1.807, 2.05) is 16.8 Å². The second kappa shape index (κ2) is 3.55. The maximum absolute atomic E-state index is 11.0. The normalized spacial score (nSPS) is 12.2. The Bertz CT molecular complexity index is 328. The van der Waals surface area contributed by atoms with Crippen molar-refractivity contribution in [1.29, 1.82) is 0 Å². The predicted molar refractivity (Wildman–Crippen MR) is 50.6 cm³/mol. The van der Waals surface area contributed by atoms with E-state index >= 15 is 0 Å². The van der Waals surface area contributed by atoms with Gasteiger partial charge in [0.25, 0.3) is 0 Å². The quantitative estimate of drug-likeness (QED) is 0.742. The first-order valence-electron chi connectivity index (χ1n) is 3.42. The fraction of sp³-hybridized carbons (Fsp3) is 0.429. The predicted octanol–water partition coefficient (Wildman–Crippen LogP) is 1.14. The second-order valence-electron chi connectivity index (χ2n) is 2.65. The third-order valence-corrected chi connectivity index (χ3v) is 3.54. The van der Waals surface area contributed by atoms with Crippen LogP contribution in [-0.4, -0.2) is 26.0 Å². The molecule has 0 fully saturated rings. The monoisotopic (exact) mass is 205 g/mol. The van der Waals surface area contributed by atoms with Crippen LogP contribution in [0, 0.1) is 0 Å². The summed E-state index contributed by atoms with van der Waals surface area (Å²) in [5.74, 6) is 0. The first kappa shape index (κ1) is 9.70. The van der Waals surface area contributed by atoms with Gasteiger partial charge in [0.15, 0.2) is 0 Å². The van der Waals surface area contributed by atoms with E-state index in [-0.39, 0.29) is 0 Å². The summed E-state index contributed by atoms with van der Waals surface area (Å²) in [5.41, 5.74) is 1.04. The van der Waals surface area contributed by atoms with Gasteiger partial charge in [-0.2, -0.15) is 11.3 Å². The molecule has 0 aliphatic carbocycles. The first-order valence-corrected chi connectivity index (χ1v) is 6.21. The van der Waals surface area contributed by atoms with E-state index in [1.54, 1.807) is 18.4 Å². The van der Waals surface area contributed by atoms with Crippen molar-refractivity contribution in [2.24, 2.45) is 0 Å². The molecule has 1 heterocycles. The molecule has 0 unspecified atom stereocenters. The van der Waals surface area contributed by atoms with Crippen LogP contribution >= 0.6 is 11.3 Å². The van der Waals surface area contributed by atoms with E-state index in [9.17, 15) is 8.42 Å². The lowest BCUT2D eigenvalue weighted by molar-refractivity contribution is 0.472. The molecular weight excluding hydrogens is 194 g/mol. The largest absolute Gasteiger partial charge is 0.213 e. The molecule has 0 saturated heterocycles. The molecule has 0 saturated carbocycles. The third-order valence-electron chi connectivity index (χ3n) is 1.55. The van der Waals surface area contributed by atoms with Crippen LogP contribution in [0.5, 0.6) is 0 Å². The molecule has 1 aromatic heterocycles. The van der Waals surface area contributed by atoms with Gasteiger partial charge in [-0.15, -0.1) is 0 Å². The van der Waals surface area contributed by atoms with Crippen molar-refractivity contribution in [1.82, 2.24) is 4.31 Å². The third kappa shape index (κ3) is 2.58. The Balaban J connectivity index is 2.66. The van der Waals surface area contributed by atoms with Crippen molar-refractivity contribution in [3.63, 3.8) is 0 Å². The summed E-state index contributed by atoms with van der Waals surface area (Å²) in [6, 6.07) is 1.92. The number of rotatable bonds is 3. The molecule has 1 aromatic rings. The molecule has 1 rings (SSSR count). The highest BCUT2D eigenvalue weighted by molar-refractivity contribution is 7.88. The fourth-order valence-electron chi connectivity index (χ4n) is 0.757. The van der Waals surface area contributed by atoms with Gasteiger partial charge >= 0.3 is 0 Å². The smallest absolute Gasteiger partial charge is 0.211 e. The van der Waals surface area contributed by atoms with Crippen LogP contribution < -0.4 is 0 Å². The van der Waals surface area contributed by atoms with Gasteiger partial charge in [-0.25, -0.2) is 12.7 Å². The van der Waals surface area contributed by atoms with Crippen LogP contribution in [0.4, 0.5) is 0 Å². The molecule has 0 aliphatic heterocycles. The van der Waals surface area contributed by atoms with Crippen molar-refractivity contribution >= 4 is 21.4 Å². The molecule has 0 radical (unpaired) electrons. The Labute approximate surface area is 76.7 Å². The Hall–Kier alpha value is -0.390. The number of nitrogens with zero attached hydrogens (tertiary/aromatic N) is 1. The van der Waals surface area contributed by atoms with Gasteiger partial charge in [0.05, 0.1) is 6.26 Å². The van der Waals surface area contributed by atoms with Crippen molar-refractivity contribution in [3.8, 4) is 0 Å². The molecule has 0 bridgehead atoms. The summed E-state index contributed by atoms with van der Waals surface area (Å²) < 4.78 is 23.3. The Morgan fingerprint density at radius 3 is 2.67 bits per heavy atom. The molecule has 0 aliphatic rings. The summed E-state index contributed by atoms with van der Waals surface area (Å²) in [7, 11) is -1.46. The van der Waals surface area contributed by atoms with E-state index in [4.69, 9.17) is 0 Å². The average molecular weight is 205 g/mol. The Morgan fingerprint density at radius 1 is 1.58 bits per heavy atom.